The van der Waals surface area contributed by atoms with Crippen LogP contribution in [0.3, 0.4) is 0 Å². The van der Waals surface area contributed by atoms with E-state index in [1.54, 1.807) is 0 Å². The summed E-state index contributed by atoms with van der Waals surface area (Å²) in [5, 5.41) is 0.111. The van der Waals surface area contributed by atoms with Crippen molar-refractivity contribution in [1.82, 2.24) is 4.98 Å². The van der Waals surface area contributed by atoms with Gasteiger partial charge < -0.3 is 5.73 Å². The lowest BCUT2D eigenvalue weighted by molar-refractivity contribution is 0.517. The van der Waals surface area contributed by atoms with E-state index in [2.05, 4.69) is 4.98 Å². The Morgan fingerprint density at radius 1 is 1.31 bits per heavy atom. The normalized spacial score (nSPS) is 10.6. The molecule has 2 N–H and O–H groups in total. The molecule has 4 heteroatoms. The highest BCUT2D eigenvalue weighted by molar-refractivity contribution is 5.89. The van der Waals surface area contributed by atoms with Gasteiger partial charge >= 0.3 is 0 Å². The third kappa shape index (κ3) is 1.11. The molecule has 0 aliphatic rings. The van der Waals surface area contributed by atoms with Crippen molar-refractivity contribution in [2.75, 3.05) is 5.73 Å². The fourth-order valence-corrected chi connectivity index (χ4v) is 1.21. The first kappa shape index (κ1) is 7.91. The number of rotatable bonds is 0. The summed E-state index contributed by atoms with van der Waals surface area (Å²) in [4.78, 5) is 3.85. The molecule has 0 amide bonds. The van der Waals surface area contributed by atoms with Crippen LogP contribution in [0.25, 0.3) is 10.9 Å². The molecule has 13 heavy (non-hydrogen) atoms. The third-order valence-electron chi connectivity index (χ3n) is 1.81. The van der Waals surface area contributed by atoms with Crippen molar-refractivity contribution in [3.05, 3.63) is 36.0 Å². The zero-order valence-corrected chi connectivity index (χ0v) is 6.59. The van der Waals surface area contributed by atoms with Crippen LogP contribution in [-0.2, 0) is 0 Å². The highest BCUT2D eigenvalue weighted by Crippen LogP contribution is 2.23. The first-order valence-electron chi connectivity index (χ1n) is 3.68. The SMILES string of the molecule is Nc1cc(F)c(F)c2cccnc12. The highest BCUT2D eigenvalue weighted by Gasteiger charge is 2.09. The summed E-state index contributed by atoms with van der Waals surface area (Å²) in [5.74, 6) is -1.85. The van der Waals surface area contributed by atoms with Gasteiger partial charge in [-0.2, -0.15) is 0 Å². The molecule has 0 aliphatic carbocycles. The van der Waals surface area contributed by atoms with Gasteiger partial charge in [0.1, 0.15) is 0 Å². The molecule has 2 aromatic rings. The van der Waals surface area contributed by atoms with E-state index in [0.29, 0.717) is 5.52 Å². The Bertz CT molecular complexity index is 468. The van der Waals surface area contributed by atoms with Crippen molar-refractivity contribution in [2.45, 2.75) is 0 Å². The van der Waals surface area contributed by atoms with Crippen molar-refractivity contribution >= 4 is 16.6 Å². The van der Waals surface area contributed by atoms with Gasteiger partial charge in [-0.05, 0) is 12.1 Å². The summed E-state index contributed by atoms with van der Waals surface area (Å²) in [6.45, 7) is 0. The Labute approximate surface area is 73.0 Å². The highest BCUT2D eigenvalue weighted by atomic mass is 19.2. The maximum atomic E-state index is 13.1. The van der Waals surface area contributed by atoms with Crippen molar-refractivity contribution in [2.24, 2.45) is 0 Å². The van der Waals surface area contributed by atoms with Crippen molar-refractivity contribution in [3.8, 4) is 0 Å². The van der Waals surface area contributed by atoms with Crippen LogP contribution in [-0.4, -0.2) is 4.98 Å². The Morgan fingerprint density at radius 2 is 2.08 bits per heavy atom. The van der Waals surface area contributed by atoms with Crippen LogP contribution >= 0.6 is 0 Å². The van der Waals surface area contributed by atoms with Gasteiger partial charge in [0.05, 0.1) is 11.2 Å². The molecule has 1 aromatic carbocycles. The number of halogens is 2. The van der Waals surface area contributed by atoms with Crippen molar-refractivity contribution in [3.63, 3.8) is 0 Å². The molecule has 0 atom stereocenters. The fraction of sp³-hybridized carbons (Fsp3) is 0. The number of pyridine rings is 1. The third-order valence-corrected chi connectivity index (χ3v) is 1.81. The van der Waals surface area contributed by atoms with Gasteiger partial charge in [0.25, 0.3) is 0 Å². The second-order valence-corrected chi connectivity index (χ2v) is 2.66. The number of hydrogen-bond donors (Lipinski definition) is 1. The minimum atomic E-state index is -0.946. The number of fused-ring (bicyclic) bond motifs is 1. The molecule has 0 bridgehead atoms. The van der Waals surface area contributed by atoms with E-state index in [-0.39, 0.29) is 11.1 Å². The molecule has 2 rings (SSSR count). The van der Waals surface area contributed by atoms with Gasteiger partial charge in [-0.15, -0.1) is 0 Å². The molecule has 0 saturated carbocycles. The maximum Gasteiger partial charge on any atom is 0.168 e. The molecule has 0 unspecified atom stereocenters. The fourth-order valence-electron chi connectivity index (χ4n) is 1.21. The van der Waals surface area contributed by atoms with Gasteiger partial charge in [0.15, 0.2) is 11.6 Å². The minimum Gasteiger partial charge on any atom is -0.397 e. The number of nitrogen functional groups attached to an aromatic ring is 1. The first-order valence-corrected chi connectivity index (χ1v) is 3.68. The van der Waals surface area contributed by atoms with Crippen LogP contribution in [0.4, 0.5) is 14.5 Å². The van der Waals surface area contributed by atoms with Gasteiger partial charge in [-0.3, -0.25) is 4.98 Å². The molecule has 0 radical (unpaired) electrons. The second-order valence-electron chi connectivity index (χ2n) is 2.66. The average molecular weight is 180 g/mol. The van der Waals surface area contributed by atoms with Gasteiger partial charge in [-0.25, -0.2) is 8.78 Å². The van der Waals surface area contributed by atoms with Crippen LogP contribution in [0.2, 0.25) is 0 Å². The predicted molar refractivity (Wildman–Crippen MR) is 46.1 cm³/mol. The lowest BCUT2D eigenvalue weighted by Gasteiger charge is -2.02. The van der Waals surface area contributed by atoms with Gasteiger partial charge in [0, 0.05) is 17.6 Å². The van der Waals surface area contributed by atoms with E-state index < -0.39 is 11.6 Å². The lowest BCUT2D eigenvalue weighted by Crippen LogP contribution is -1.94. The molecular weight excluding hydrogens is 174 g/mol. The van der Waals surface area contributed by atoms with Crippen LogP contribution in [0, 0.1) is 11.6 Å². The van der Waals surface area contributed by atoms with Gasteiger partial charge in [0.2, 0.25) is 0 Å². The Morgan fingerprint density at radius 3 is 2.85 bits per heavy atom. The molecular formula is C9H6F2N2. The number of benzene rings is 1. The summed E-state index contributed by atoms with van der Waals surface area (Å²) in [5.41, 5.74) is 5.90. The molecule has 1 heterocycles. The molecule has 1 aromatic heterocycles. The second kappa shape index (κ2) is 2.65. The summed E-state index contributed by atoms with van der Waals surface area (Å²) in [7, 11) is 0. The molecule has 0 saturated heterocycles. The lowest BCUT2D eigenvalue weighted by atomic mass is 10.2. The number of aromatic nitrogens is 1. The Kier molecular flexibility index (Phi) is 1.62. The van der Waals surface area contributed by atoms with E-state index in [1.165, 1.54) is 18.3 Å². The van der Waals surface area contributed by atoms with Crippen LogP contribution < -0.4 is 5.73 Å². The molecule has 66 valence electrons. The van der Waals surface area contributed by atoms with E-state index in [9.17, 15) is 8.78 Å². The largest absolute Gasteiger partial charge is 0.397 e. The zero-order valence-electron chi connectivity index (χ0n) is 6.59. The molecule has 0 spiro atoms. The molecule has 2 nitrogen and oxygen atoms in total. The molecule has 0 fully saturated rings. The topological polar surface area (TPSA) is 38.9 Å². The van der Waals surface area contributed by atoms with E-state index in [4.69, 9.17) is 5.73 Å². The van der Waals surface area contributed by atoms with E-state index >= 15 is 0 Å². The van der Waals surface area contributed by atoms with Crippen molar-refractivity contribution in [1.29, 1.82) is 0 Å². The van der Waals surface area contributed by atoms with Gasteiger partial charge in [-0.1, -0.05) is 0 Å². The molecule has 0 aliphatic heterocycles. The first-order chi connectivity index (χ1) is 6.20. The maximum absolute atomic E-state index is 13.1. The van der Waals surface area contributed by atoms with E-state index in [1.807, 2.05) is 0 Å². The Balaban J connectivity index is 2.97. The monoisotopic (exact) mass is 180 g/mol. The Hall–Kier alpha value is -1.71. The number of nitrogens with two attached hydrogens (primary N) is 1. The number of nitrogens with zero attached hydrogens (tertiary/aromatic N) is 1. The summed E-state index contributed by atoms with van der Waals surface area (Å²) in [6, 6.07) is 3.91. The quantitative estimate of drug-likeness (QED) is 0.630. The predicted octanol–water partition coefficient (Wildman–Crippen LogP) is 2.10. The minimum absolute atomic E-state index is 0.111. The summed E-state index contributed by atoms with van der Waals surface area (Å²) < 4.78 is 25.9. The smallest absolute Gasteiger partial charge is 0.168 e. The van der Waals surface area contributed by atoms with E-state index in [0.717, 1.165) is 6.07 Å². The van der Waals surface area contributed by atoms with Crippen LogP contribution in [0.5, 0.6) is 0 Å². The number of anilines is 1. The standard InChI is InChI=1S/C9H6F2N2/c10-6-4-7(12)9-5(8(6)11)2-1-3-13-9/h1-4H,12H2. The summed E-state index contributed by atoms with van der Waals surface area (Å²) >= 11 is 0. The number of hydrogen-bond acceptors (Lipinski definition) is 2. The summed E-state index contributed by atoms with van der Waals surface area (Å²) in [6.07, 6.45) is 1.48. The van der Waals surface area contributed by atoms with Crippen LogP contribution in [0.1, 0.15) is 0 Å². The van der Waals surface area contributed by atoms with Crippen molar-refractivity contribution < 1.29 is 8.78 Å². The van der Waals surface area contributed by atoms with Crippen LogP contribution in [0.15, 0.2) is 24.4 Å². The average Bonchev–Trinajstić information content (AvgIpc) is 2.15. The zero-order chi connectivity index (χ0) is 9.42.